The fraction of sp³-hybridized carbons (Fsp3) is 0.0769. The molecule has 3 aliphatic carbocycles. The van der Waals surface area contributed by atoms with Crippen LogP contribution in [0, 0.1) is 6.92 Å². The van der Waals surface area contributed by atoms with Gasteiger partial charge in [-0.05, 0) is 115 Å². The molecule has 1 atom stereocenters. The van der Waals surface area contributed by atoms with Gasteiger partial charge in [0, 0.05) is 17.4 Å². The normalized spacial score (nSPS) is 15.5. The molecule has 8 aromatic rings. The van der Waals surface area contributed by atoms with Crippen LogP contribution in [0.15, 0.2) is 194 Å². The Labute approximate surface area is 316 Å². The molecule has 0 heterocycles. The zero-order valence-electron chi connectivity index (χ0n) is 30.3. The lowest BCUT2D eigenvalue weighted by atomic mass is 9.68. The van der Waals surface area contributed by atoms with Crippen LogP contribution in [0.2, 0.25) is 0 Å². The molecular weight excluding hydrogens is 653 g/mol. The lowest BCUT2D eigenvalue weighted by molar-refractivity contribution is 0.809. The van der Waals surface area contributed by atoms with Crippen molar-refractivity contribution in [2.24, 2.45) is 5.73 Å². The Morgan fingerprint density at radius 2 is 1.13 bits per heavy atom. The van der Waals surface area contributed by atoms with Gasteiger partial charge in [0.05, 0.1) is 5.41 Å². The number of rotatable bonds is 3. The van der Waals surface area contributed by atoms with Gasteiger partial charge in [0.2, 0.25) is 0 Å². The average molecular weight is 693 g/mol. The molecule has 0 amide bonds. The number of hydrogen-bond acceptors (Lipinski definition) is 2. The lowest BCUT2D eigenvalue weighted by Crippen LogP contribution is -2.26. The van der Waals surface area contributed by atoms with E-state index >= 15 is 0 Å². The van der Waals surface area contributed by atoms with E-state index in [1.54, 1.807) is 0 Å². The first kappa shape index (κ1) is 32.0. The number of aryl methyl sites for hydroxylation is 1. The first-order chi connectivity index (χ1) is 26.6. The van der Waals surface area contributed by atoms with E-state index in [1.165, 1.54) is 82.7 Å². The molecule has 11 rings (SSSR count). The Morgan fingerprint density at radius 1 is 0.537 bits per heavy atom. The molecule has 0 aromatic heterocycles. The van der Waals surface area contributed by atoms with Crippen LogP contribution < -0.4 is 11.1 Å². The van der Waals surface area contributed by atoms with E-state index in [9.17, 15) is 0 Å². The highest BCUT2D eigenvalue weighted by atomic mass is 14.9. The van der Waals surface area contributed by atoms with Gasteiger partial charge in [0.1, 0.15) is 0 Å². The third-order valence-corrected chi connectivity index (χ3v) is 11.6. The molecular formula is C52H40N2. The molecule has 0 saturated carbocycles. The summed E-state index contributed by atoms with van der Waals surface area (Å²) in [6.07, 6.45) is 7.09. The Kier molecular flexibility index (Phi) is 7.59. The van der Waals surface area contributed by atoms with Crippen molar-refractivity contribution in [1.29, 1.82) is 0 Å². The van der Waals surface area contributed by atoms with Crippen LogP contribution >= 0.6 is 0 Å². The second-order valence-corrected chi connectivity index (χ2v) is 14.8. The Balaban J connectivity index is 0.000000467. The second-order valence-electron chi connectivity index (χ2n) is 14.8. The van der Waals surface area contributed by atoms with Crippen molar-refractivity contribution in [3.63, 3.8) is 0 Å². The maximum absolute atomic E-state index is 5.91. The number of anilines is 1. The van der Waals surface area contributed by atoms with E-state index in [2.05, 4.69) is 176 Å². The second kappa shape index (κ2) is 12.8. The van der Waals surface area contributed by atoms with Gasteiger partial charge in [0.15, 0.2) is 0 Å². The summed E-state index contributed by atoms with van der Waals surface area (Å²) in [6, 6.07) is 62.8. The third kappa shape index (κ3) is 5.02. The zero-order valence-corrected chi connectivity index (χ0v) is 30.3. The number of benzene rings is 8. The SMILES string of the molecule is Cc1ccccc1.NC1=CCC(Nc2ccc(-c3ccc4c5c(ccc4c3)-c3ccc4ccccc4c3C53c4ccccc4-c4ccccc43)cc2)C=C1. The maximum Gasteiger partial charge on any atom is 0.0737 e. The van der Waals surface area contributed by atoms with Crippen molar-refractivity contribution in [1.82, 2.24) is 0 Å². The van der Waals surface area contributed by atoms with E-state index in [1.807, 2.05) is 24.3 Å². The molecule has 0 bridgehead atoms. The third-order valence-electron chi connectivity index (χ3n) is 11.6. The van der Waals surface area contributed by atoms with Crippen molar-refractivity contribution in [2.75, 3.05) is 5.32 Å². The topological polar surface area (TPSA) is 38.0 Å². The monoisotopic (exact) mass is 692 g/mol. The molecule has 258 valence electrons. The smallest absolute Gasteiger partial charge is 0.0737 e. The van der Waals surface area contributed by atoms with E-state index < -0.39 is 5.41 Å². The summed E-state index contributed by atoms with van der Waals surface area (Å²) >= 11 is 0. The Bertz CT molecular complexity index is 2740. The standard InChI is InChI=1S/C45H32N2.C7H8/c46-32-18-22-34(23-19-32)47-33-20-13-28(14-21-33)30-16-24-36-31(27-30)17-26-40-39-25-15-29-7-1-2-8-35(29)43(39)45(44(36)40)41-11-5-3-9-37(41)38-10-4-6-12-42(38)45;1-7-5-3-2-4-6-7/h1-22,24-27,34,47H,23,46H2;2-6H,1H3. The molecule has 54 heavy (non-hydrogen) atoms. The minimum Gasteiger partial charge on any atom is -0.399 e. The van der Waals surface area contributed by atoms with E-state index in [4.69, 9.17) is 5.73 Å². The zero-order chi connectivity index (χ0) is 36.2. The summed E-state index contributed by atoms with van der Waals surface area (Å²) in [4.78, 5) is 0. The number of nitrogens with one attached hydrogen (secondary N) is 1. The maximum atomic E-state index is 5.91. The van der Waals surface area contributed by atoms with Crippen molar-refractivity contribution in [3.05, 3.63) is 222 Å². The van der Waals surface area contributed by atoms with Crippen LogP contribution in [0.3, 0.4) is 0 Å². The molecule has 1 unspecified atom stereocenters. The quantitative estimate of drug-likeness (QED) is 0.193. The van der Waals surface area contributed by atoms with Gasteiger partial charge >= 0.3 is 0 Å². The van der Waals surface area contributed by atoms with E-state index in [0.717, 1.165) is 17.8 Å². The Morgan fingerprint density at radius 3 is 1.78 bits per heavy atom. The molecule has 0 fully saturated rings. The fourth-order valence-electron chi connectivity index (χ4n) is 9.19. The van der Waals surface area contributed by atoms with Crippen LogP contribution in [0.25, 0.3) is 54.9 Å². The Hall–Kier alpha value is -6.64. The van der Waals surface area contributed by atoms with Gasteiger partial charge < -0.3 is 11.1 Å². The number of nitrogens with two attached hydrogens (primary N) is 1. The van der Waals surface area contributed by atoms with E-state index in [0.29, 0.717) is 0 Å². The van der Waals surface area contributed by atoms with Gasteiger partial charge in [-0.15, -0.1) is 0 Å². The highest BCUT2D eigenvalue weighted by molar-refractivity contribution is 6.09. The molecule has 8 aromatic carbocycles. The summed E-state index contributed by atoms with van der Waals surface area (Å²) in [6.45, 7) is 2.08. The summed E-state index contributed by atoms with van der Waals surface area (Å²) < 4.78 is 0. The lowest BCUT2D eigenvalue weighted by Gasteiger charge is -2.32. The first-order valence-corrected chi connectivity index (χ1v) is 18.9. The molecule has 0 aliphatic heterocycles. The number of fused-ring (bicyclic) bond motifs is 14. The van der Waals surface area contributed by atoms with Crippen molar-refractivity contribution < 1.29 is 0 Å². The summed E-state index contributed by atoms with van der Waals surface area (Å²) in [5, 5.41) is 8.80. The van der Waals surface area contributed by atoms with E-state index in [-0.39, 0.29) is 6.04 Å². The predicted octanol–water partition coefficient (Wildman–Crippen LogP) is 12.6. The van der Waals surface area contributed by atoms with Crippen molar-refractivity contribution in [3.8, 4) is 33.4 Å². The van der Waals surface area contributed by atoms with Crippen LogP contribution in [0.5, 0.6) is 0 Å². The predicted molar refractivity (Wildman–Crippen MR) is 228 cm³/mol. The van der Waals surface area contributed by atoms with Crippen molar-refractivity contribution >= 4 is 27.2 Å². The molecule has 2 heteroatoms. The molecule has 3 aliphatic rings. The van der Waals surface area contributed by atoms with Crippen LogP contribution in [0.1, 0.15) is 34.2 Å². The summed E-state index contributed by atoms with van der Waals surface area (Å²) in [7, 11) is 0. The summed E-state index contributed by atoms with van der Waals surface area (Å²) in [5.74, 6) is 0. The first-order valence-electron chi connectivity index (χ1n) is 18.9. The highest BCUT2D eigenvalue weighted by Gasteiger charge is 2.53. The number of allylic oxidation sites excluding steroid dienone is 1. The van der Waals surface area contributed by atoms with Gasteiger partial charge in [-0.1, -0.05) is 169 Å². The van der Waals surface area contributed by atoms with Gasteiger partial charge in [-0.25, -0.2) is 0 Å². The van der Waals surface area contributed by atoms with Crippen LogP contribution in [-0.4, -0.2) is 6.04 Å². The highest BCUT2D eigenvalue weighted by Crippen LogP contribution is 2.65. The summed E-state index contributed by atoms with van der Waals surface area (Å²) in [5.41, 5.74) is 22.1. The fourth-order valence-corrected chi connectivity index (χ4v) is 9.19. The van der Waals surface area contributed by atoms with Crippen LogP contribution in [0.4, 0.5) is 5.69 Å². The largest absolute Gasteiger partial charge is 0.399 e. The molecule has 0 saturated heterocycles. The van der Waals surface area contributed by atoms with Gasteiger partial charge in [-0.2, -0.15) is 0 Å². The van der Waals surface area contributed by atoms with Gasteiger partial charge in [0.25, 0.3) is 0 Å². The van der Waals surface area contributed by atoms with Crippen LogP contribution in [-0.2, 0) is 5.41 Å². The number of hydrogen-bond donors (Lipinski definition) is 2. The minimum absolute atomic E-state index is 0.260. The van der Waals surface area contributed by atoms with Gasteiger partial charge in [-0.3, -0.25) is 0 Å². The molecule has 0 radical (unpaired) electrons. The average Bonchev–Trinajstić information content (AvgIpc) is 3.70. The molecule has 1 spiro atoms. The minimum atomic E-state index is -0.402. The molecule has 3 N–H and O–H groups in total. The van der Waals surface area contributed by atoms with Crippen molar-refractivity contribution in [2.45, 2.75) is 24.8 Å². The molecule has 2 nitrogen and oxygen atoms in total.